The van der Waals surface area contributed by atoms with E-state index < -0.39 is 0 Å². The summed E-state index contributed by atoms with van der Waals surface area (Å²) in [4.78, 5) is 38.0. The highest BCUT2D eigenvalue weighted by molar-refractivity contribution is 7.21. The van der Waals surface area contributed by atoms with Gasteiger partial charge in [0.15, 0.2) is 0 Å². The Morgan fingerprint density at radius 1 is 1.12 bits per heavy atom. The number of benzene rings is 1. The molecule has 9 heteroatoms. The molecule has 0 unspecified atom stereocenters. The van der Waals surface area contributed by atoms with E-state index in [1.54, 1.807) is 23.4 Å². The van der Waals surface area contributed by atoms with E-state index in [0.29, 0.717) is 26.8 Å². The van der Waals surface area contributed by atoms with Crippen molar-refractivity contribution in [2.24, 2.45) is 0 Å². The van der Waals surface area contributed by atoms with Crippen LogP contribution >= 0.6 is 11.3 Å². The number of pyridine rings is 2. The molecule has 6 rings (SSSR count). The van der Waals surface area contributed by atoms with Crippen LogP contribution in [0.1, 0.15) is 16.1 Å². The lowest BCUT2D eigenvalue weighted by atomic mass is 10.1. The van der Waals surface area contributed by atoms with E-state index in [1.807, 2.05) is 42.5 Å². The Kier molecular flexibility index (Phi) is 4.78. The first-order valence-corrected chi connectivity index (χ1v) is 11.6. The molecule has 164 valence electrons. The van der Waals surface area contributed by atoms with Gasteiger partial charge in [-0.3, -0.25) is 14.7 Å². The van der Waals surface area contributed by atoms with Crippen molar-refractivity contribution in [2.75, 3.05) is 23.3 Å². The topological polar surface area (TPSA) is 99.2 Å². The van der Waals surface area contributed by atoms with Crippen LogP contribution in [0.3, 0.4) is 0 Å². The molecule has 3 aromatic heterocycles. The minimum Gasteiger partial charge on any atom is -0.347 e. The molecule has 8 nitrogen and oxygen atoms in total. The van der Waals surface area contributed by atoms with Crippen molar-refractivity contribution < 1.29 is 9.59 Å². The van der Waals surface area contributed by atoms with Gasteiger partial charge < -0.3 is 16.0 Å². The number of hydrogen-bond donors (Lipinski definition) is 3. The van der Waals surface area contributed by atoms with Crippen LogP contribution in [0.5, 0.6) is 0 Å². The number of amides is 3. The summed E-state index contributed by atoms with van der Waals surface area (Å²) in [5.74, 6) is -0.185. The largest absolute Gasteiger partial charge is 0.347 e. The van der Waals surface area contributed by atoms with Crippen LogP contribution in [0.15, 0.2) is 60.9 Å². The second-order valence-electron chi connectivity index (χ2n) is 8.01. The fourth-order valence-corrected chi connectivity index (χ4v) is 5.35. The van der Waals surface area contributed by atoms with Gasteiger partial charge in [-0.1, -0.05) is 30.3 Å². The van der Waals surface area contributed by atoms with Crippen molar-refractivity contribution in [3.8, 4) is 11.3 Å². The zero-order chi connectivity index (χ0) is 22.4. The molecule has 5 heterocycles. The van der Waals surface area contributed by atoms with E-state index in [0.717, 1.165) is 36.2 Å². The highest BCUT2D eigenvalue weighted by atomic mass is 32.1. The number of carbonyl (C=O) groups is 2. The van der Waals surface area contributed by atoms with Crippen LogP contribution < -0.4 is 20.9 Å². The molecule has 3 amide bonds. The van der Waals surface area contributed by atoms with Gasteiger partial charge in [-0.25, -0.2) is 9.78 Å². The summed E-state index contributed by atoms with van der Waals surface area (Å²) in [5.41, 5.74) is 3.68. The third kappa shape index (κ3) is 3.42. The number of nitrogens with one attached hydrogen (secondary N) is 3. The number of urea groups is 1. The van der Waals surface area contributed by atoms with Crippen molar-refractivity contribution in [2.45, 2.75) is 12.5 Å². The van der Waals surface area contributed by atoms with Gasteiger partial charge in [0.1, 0.15) is 9.71 Å². The molecular weight excluding hydrogens is 436 g/mol. The van der Waals surface area contributed by atoms with E-state index in [4.69, 9.17) is 0 Å². The first-order chi connectivity index (χ1) is 16.2. The maximum absolute atomic E-state index is 13.2. The van der Waals surface area contributed by atoms with Crippen LogP contribution in [0.25, 0.3) is 21.5 Å². The fraction of sp³-hybridized carbons (Fsp3) is 0.167. The number of anilines is 3. The molecule has 0 saturated carbocycles. The molecule has 2 aliphatic heterocycles. The minimum absolute atomic E-state index is 0.0901. The fourth-order valence-electron chi connectivity index (χ4n) is 4.33. The van der Waals surface area contributed by atoms with Crippen LogP contribution in [0.4, 0.5) is 21.9 Å². The second kappa shape index (κ2) is 7.95. The third-order valence-corrected chi connectivity index (χ3v) is 7.02. The Balaban J connectivity index is 1.38. The van der Waals surface area contributed by atoms with Crippen LogP contribution in [0.2, 0.25) is 0 Å². The zero-order valence-corrected chi connectivity index (χ0v) is 18.4. The molecule has 0 spiro atoms. The van der Waals surface area contributed by atoms with E-state index in [2.05, 4.69) is 25.9 Å². The van der Waals surface area contributed by atoms with Crippen molar-refractivity contribution >= 4 is 50.6 Å². The van der Waals surface area contributed by atoms with Gasteiger partial charge in [0, 0.05) is 24.3 Å². The summed E-state index contributed by atoms with van der Waals surface area (Å²) in [6, 6.07) is 15.2. The van der Waals surface area contributed by atoms with Crippen LogP contribution in [0, 0.1) is 0 Å². The lowest BCUT2D eigenvalue weighted by molar-refractivity contribution is 0.0945. The lowest BCUT2D eigenvalue weighted by Crippen LogP contribution is -2.37. The molecule has 4 aromatic rings. The van der Waals surface area contributed by atoms with Crippen molar-refractivity contribution in [1.82, 2.24) is 20.6 Å². The van der Waals surface area contributed by atoms with Gasteiger partial charge in [-0.05, 0) is 31.2 Å². The first-order valence-electron chi connectivity index (χ1n) is 10.7. The zero-order valence-electron chi connectivity index (χ0n) is 17.5. The minimum atomic E-state index is -0.334. The highest BCUT2D eigenvalue weighted by Crippen LogP contribution is 2.45. The number of thiophene rings is 1. The average molecular weight is 457 g/mol. The average Bonchev–Trinajstić information content (AvgIpc) is 3.49. The predicted molar refractivity (Wildman–Crippen MR) is 129 cm³/mol. The summed E-state index contributed by atoms with van der Waals surface area (Å²) in [6.45, 7) is 1.64. The van der Waals surface area contributed by atoms with E-state index in [1.165, 1.54) is 11.3 Å². The summed E-state index contributed by atoms with van der Waals surface area (Å²) in [5, 5.41) is 10.00. The summed E-state index contributed by atoms with van der Waals surface area (Å²) in [7, 11) is 0. The Bertz CT molecular complexity index is 1360. The number of hydrogen-bond acceptors (Lipinski definition) is 6. The number of carbonyl (C=O) groups excluding carboxylic acids is 2. The van der Waals surface area contributed by atoms with Gasteiger partial charge in [0.25, 0.3) is 5.91 Å². The van der Waals surface area contributed by atoms with Gasteiger partial charge in [-0.15, -0.1) is 11.3 Å². The summed E-state index contributed by atoms with van der Waals surface area (Å²) < 4.78 is 0. The highest BCUT2D eigenvalue weighted by Gasteiger charge is 2.33. The molecule has 0 radical (unpaired) electrons. The monoisotopic (exact) mass is 456 g/mol. The Morgan fingerprint density at radius 3 is 2.76 bits per heavy atom. The molecule has 0 aliphatic carbocycles. The lowest BCUT2D eigenvalue weighted by Gasteiger charge is -2.28. The van der Waals surface area contributed by atoms with Crippen LogP contribution in [-0.2, 0) is 0 Å². The molecule has 0 bridgehead atoms. The van der Waals surface area contributed by atoms with Crippen molar-refractivity contribution in [3.63, 3.8) is 0 Å². The Labute approximate surface area is 193 Å². The quantitative estimate of drug-likeness (QED) is 0.429. The van der Waals surface area contributed by atoms with Crippen molar-refractivity contribution in [3.05, 3.63) is 65.8 Å². The normalized spacial score (nSPS) is 17.3. The molecular formula is C24H20N6O2S. The Hall–Kier alpha value is -3.82. The van der Waals surface area contributed by atoms with E-state index in [9.17, 15) is 9.59 Å². The summed E-state index contributed by atoms with van der Waals surface area (Å²) >= 11 is 1.29. The van der Waals surface area contributed by atoms with Gasteiger partial charge in [0.05, 0.1) is 34.3 Å². The predicted octanol–water partition coefficient (Wildman–Crippen LogP) is 4.13. The maximum Gasteiger partial charge on any atom is 0.331 e. The molecule has 2 aliphatic rings. The van der Waals surface area contributed by atoms with Gasteiger partial charge in [0.2, 0.25) is 0 Å². The smallest absolute Gasteiger partial charge is 0.331 e. The van der Waals surface area contributed by atoms with E-state index >= 15 is 0 Å². The molecule has 1 aromatic carbocycles. The number of rotatable bonds is 4. The standard InChI is InChI=1S/C24H20N6O2S/c31-22(28-15-8-10-25-12-15)21-20-19-18(9-11-26-23(19)33-21)30(24(32)29-20)16-6-7-17(27-13-16)14-4-2-1-3-5-14/h1-7,9,11,13,15,25H,8,10,12H2,(H,28,31)(H,29,32)/t15-/m1/s1. The van der Waals surface area contributed by atoms with Gasteiger partial charge in [-0.2, -0.15) is 0 Å². The molecule has 1 atom stereocenters. The maximum atomic E-state index is 13.2. The SMILES string of the molecule is O=C(N[C@@H]1CCNC1)c1sc2nccc3c2c1NC(=O)N3c1ccc(-c2ccccc2)nc1. The Morgan fingerprint density at radius 2 is 2.00 bits per heavy atom. The van der Waals surface area contributed by atoms with Crippen LogP contribution in [-0.4, -0.2) is 41.0 Å². The first kappa shape index (κ1) is 19.8. The third-order valence-electron chi connectivity index (χ3n) is 5.92. The number of nitrogens with zero attached hydrogens (tertiary/aromatic N) is 3. The van der Waals surface area contributed by atoms with E-state index in [-0.39, 0.29) is 18.0 Å². The van der Waals surface area contributed by atoms with Gasteiger partial charge >= 0.3 is 6.03 Å². The second-order valence-corrected chi connectivity index (χ2v) is 9.01. The molecule has 3 N–H and O–H groups in total. The van der Waals surface area contributed by atoms with Crippen molar-refractivity contribution in [1.29, 1.82) is 0 Å². The summed E-state index contributed by atoms with van der Waals surface area (Å²) in [6.07, 6.45) is 4.24. The number of aromatic nitrogens is 2. The molecule has 33 heavy (non-hydrogen) atoms. The molecule has 1 saturated heterocycles. The molecule has 1 fully saturated rings.